The van der Waals surface area contributed by atoms with Gasteiger partial charge in [-0.3, -0.25) is 4.79 Å². The minimum Gasteiger partial charge on any atom is -0.463 e. The van der Waals surface area contributed by atoms with Crippen molar-refractivity contribution in [1.82, 2.24) is 25.0 Å². The largest absolute Gasteiger partial charge is 0.463 e. The number of hydrogen-bond acceptors (Lipinski definition) is 12. The molecule has 0 radical (unpaired) electrons. The fourth-order valence-corrected chi connectivity index (χ4v) is 5.70. The lowest BCUT2D eigenvalue weighted by molar-refractivity contribution is -0.144. The van der Waals surface area contributed by atoms with E-state index in [1.54, 1.807) is 0 Å². The van der Waals surface area contributed by atoms with Crippen molar-refractivity contribution in [1.29, 1.82) is 0 Å². The average molecular weight is 594 g/mol. The van der Waals surface area contributed by atoms with Crippen LogP contribution in [0.25, 0.3) is 11.2 Å². The molecule has 0 saturated heterocycles. The zero-order valence-electron chi connectivity index (χ0n) is 22.3. The number of rotatable bonds is 12. The topological polar surface area (TPSA) is 165 Å². The van der Waals surface area contributed by atoms with Gasteiger partial charge in [0.05, 0.1) is 30.1 Å². The SMILES string of the molecule is CCCSc1nc(N(N=O)[C@@H]2C[C@H]2c2ccc(F)c(F)c2)c2nnn([C@@H]3C[C@H](OCCOC(C)=O)[C@@H](O)[C@H]3O)c2n1. The molecule has 13 nitrogen and oxygen atoms in total. The summed E-state index contributed by atoms with van der Waals surface area (Å²) in [5, 5.41) is 34.6. The van der Waals surface area contributed by atoms with Gasteiger partial charge in [0.15, 0.2) is 33.8 Å². The third-order valence-corrected chi connectivity index (χ3v) is 8.15. The summed E-state index contributed by atoms with van der Waals surface area (Å²) >= 11 is 1.35. The first kappa shape index (κ1) is 29.2. The van der Waals surface area contributed by atoms with Gasteiger partial charge >= 0.3 is 5.97 Å². The van der Waals surface area contributed by atoms with Crippen LogP contribution < -0.4 is 5.01 Å². The van der Waals surface area contributed by atoms with Crippen LogP contribution >= 0.6 is 11.8 Å². The second kappa shape index (κ2) is 12.3. The molecule has 2 aliphatic carbocycles. The summed E-state index contributed by atoms with van der Waals surface area (Å²) in [6, 6.07) is 2.38. The number of aliphatic hydroxyl groups excluding tert-OH is 2. The first-order chi connectivity index (χ1) is 19.7. The van der Waals surface area contributed by atoms with Gasteiger partial charge < -0.3 is 19.7 Å². The minimum atomic E-state index is -1.27. The van der Waals surface area contributed by atoms with E-state index in [9.17, 15) is 28.7 Å². The number of nitroso groups, excluding NO2 is 1. The number of carbonyl (C=O) groups excluding carboxylic acids is 1. The molecule has 41 heavy (non-hydrogen) atoms. The number of anilines is 1. The Labute approximate surface area is 237 Å². The normalized spacial score (nSPS) is 25.4. The zero-order chi connectivity index (χ0) is 29.3. The zero-order valence-corrected chi connectivity index (χ0v) is 23.1. The van der Waals surface area contributed by atoms with E-state index in [1.165, 1.54) is 29.4 Å². The molecule has 2 heterocycles. The van der Waals surface area contributed by atoms with Crippen LogP contribution in [-0.4, -0.2) is 84.5 Å². The highest BCUT2D eigenvalue weighted by Gasteiger charge is 2.47. The quantitative estimate of drug-likeness (QED) is 0.0789. The van der Waals surface area contributed by atoms with E-state index in [4.69, 9.17) is 9.47 Å². The Morgan fingerprint density at radius 1 is 1.20 bits per heavy atom. The van der Waals surface area contributed by atoms with Gasteiger partial charge in [0.25, 0.3) is 0 Å². The second-order valence-corrected chi connectivity index (χ2v) is 11.0. The van der Waals surface area contributed by atoms with E-state index in [1.807, 2.05) is 6.92 Å². The maximum absolute atomic E-state index is 13.9. The maximum atomic E-state index is 13.9. The number of fused-ring (bicyclic) bond motifs is 1. The number of aliphatic hydroxyl groups is 2. The number of carbonyl (C=O) groups is 1. The molecule has 220 valence electrons. The summed E-state index contributed by atoms with van der Waals surface area (Å²) in [4.78, 5) is 32.2. The maximum Gasteiger partial charge on any atom is 0.302 e. The van der Waals surface area contributed by atoms with Crippen LogP contribution in [0.4, 0.5) is 14.6 Å². The Morgan fingerprint density at radius 3 is 2.71 bits per heavy atom. The first-order valence-corrected chi connectivity index (χ1v) is 14.2. The Balaban J connectivity index is 1.44. The van der Waals surface area contributed by atoms with Crippen molar-refractivity contribution in [2.45, 2.75) is 74.6 Å². The second-order valence-electron chi connectivity index (χ2n) is 9.93. The summed E-state index contributed by atoms with van der Waals surface area (Å²) in [5.41, 5.74) is 0.909. The highest BCUT2D eigenvalue weighted by atomic mass is 32.2. The molecule has 0 spiro atoms. The number of ether oxygens (including phenoxy) is 2. The predicted octanol–water partition coefficient (Wildman–Crippen LogP) is 2.66. The van der Waals surface area contributed by atoms with E-state index >= 15 is 0 Å². The summed E-state index contributed by atoms with van der Waals surface area (Å²) < 4.78 is 39.2. The highest BCUT2D eigenvalue weighted by Crippen LogP contribution is 2.47. The lowest BCUT2D eigenvalue weighted by Gasteiger charge is -2.18. The molecule has 0 bridgehead atoms. The number of halogens is 2. The summed E-state index contributed by atoms with van der Waals surface area (Å²) in [7, 11) is 0. The number of thioether (sulfide) groups is 1. The molecule has 0 amide bonds. The van der Waals surface area contributed by atoms with Gasteiger partial charge in [-0.2, -0.15) is 0 Å². The molecule has 2 saturated carbocycles. The molecule has 2 aromatic heterocycles. The van der Waals surface area contributed by atoms with E-state index < -0.39 is 48.0 Å². The van der Waals surface area contributed by atoms with Gasteiger partial charge in [0.1, 0.15) is 18.8 Å². The Morgan fingerprint density at radius 2 is 2.00 bits per heavy atom. The van der Waals surface area contributed by atoms with E-state index in [0.717, 1.165) is 23.6 Å². The van der Waals surface area contributed by atoms with Gasteiger partial charge in [-0.25, -0.2) is 28.4 Å². The summed E-state index contributed by atoms with van der Waals surface area (Å²) in [6.07, 6.45) is -1.85. The highest BCUT2D eigenvalue weighted by molar-refractivity contribution is 7.99. The molecule has 5 rings (SSSR count). The standard InChI is InChI=1S/C25H29F2N7O6S/c1-3-8-41-25-28-23-20(24(29-25)34(32-38)17-10-14(17)13-4-5-15(26)16(27)9-13)30-31-33(23)18-11-19(22(37)21(18)36)40-7-6-39-12(2)35/h4-5,9,14,17-19,21-22,36-37H,3,6-8,10-11H2,1-2H3/t14-,17+,18+,19-,21-,22+/m0/s1. The molecule has 6 atom stereocenters. The average Bonchev–Trinajstić information content (AvgIpc) is 3.54. The van der Waals surface area contributed by atoms with Gasteiger partial charge in [0, 0.05) is 25.0 Å². The monoisotopic (exact) mass is 593 g/mol. The number of esters is 1. The molecule has 0 aliphatic heterocycles. The van der Waals surface area contributed by atoms with Crippen molar-refractivity contribution in [3.8, 4) is 0 Å². The van der Waals surface area contributed by atoms with Crippen molar-refractivity contribution in [2.75, 3.05) is 24.0 Å². The molecule has 2 aliphatic rings. The third kappa shape index (κ3) is 6.00. The number of hydrogen-bond donors (Lipinski definition) is 2. The number of nitrogens with zero attached hydrogens (tertiary/aromatic N) is 7. The van der Waals surface area contributed by atoms with E-state index in [-0.39, 0.29) is 42.5 Å². The van der Waals surface area contributed by atoms with Crippen LogP contribution in [0, 0.1) is 16.5 Å². The summed E-state index contributed by atoms with van der Waals surface area (Å²) in [6.45, 7) is 3.30. The van der Waals surface area contributed by atoms with Crippen LogP contribution in [0.1, 0.15) is 50.6 Å². The molecule has 3 aromatic rings. The van der Waals surface area contributed by atoms with Crippen LogP contribution in [0.2, 0.25) is 0 Å². The third-order valence-electron chi connectivity index (χ3n) is 7.10. The smallest absolute Gasteiger partial charge is 0.302 e. The lowest BCUT2D eigenvalue weighted by atomic mass is 10.1. The lowest BCUT2D eigenvalue weighted by Crippen LogP contribution is -2.33. The number of aromatic nitrogens is 5. The Bertz CT molecular complexity index is 1430. The predicted molar refractivity (Wildman–Crippen MR) is 142 cm³/mol. The fourth-order valence-electron chi connectivity index (χ4n) is 5.01. The molecule has 2 N–H and O–H groups in total. The minimum absolute atomic E-state index is 0.00141. The molecule has 2 fully saturated rings. The molecular formula is C25H29F2N7O6S. The van der Waals surface area contributed by atoms with Crippen LogP contribution in [0.15, 0.2) is 28.6 Å². The van der Waals surface area contributed by atoms with Crippen molar-refractivity contribution >= 4 is 34.7 Å². The van der Waals surface area contributed by atoms with Crippen molar-refractivity contribution in [2.24, 2.45) is 5.29 Å². The van der Waals surface area contributed by atoms with Crippen molar-refractivity contribution < 1.29 is 33.3 Å². The molecule has 0 unspecified atom stereocenters. The molecular weight excluding hydrogens is 564 g/mol. The summed E-state index contributed by atoms with van der Waals surface area (Å²) in [5.74, 6) is -1.89. The molecule has 16 heteroatoms. The van der Waals surface area contributed by atoms with Crippen LogP contribution in [0.5, 0.6) is 0 Å². The number of benzene rings is 1. The van der Waals surface area contributed by atoms with E-state index in [2.05, 4.69) is 25.6 Å². The fraction of sp³-hybridized carbons (Fsp3) is 0.560. The van der Waals surface area contributed by atoms with Crippen molar-refractivity contribution in [3.63, 3.8) is 0 Å². The van der Waals surface area contributed by atoms with Gasteiger partial charge in [-0.05, 0) is 30.5 Å². The Hall–Kier alpha value is -3.34. The van der Waals surface area contributed by atoms with Crippen LogP contribution in [-0.2, 0) is 14.3 Å². The molecule has 1 aromatic carbocycles. The van der Waals surface area contributed by atoms with Crippen molar-refractivity contribution in [3.05, 3.63) is 40.3 Å². The Kier molecular flexibility index (Phi) is 8.72. The van der Waals surface area contributed by atoms with Gasteiger partial charge in [-0.1, -0.05) is 30.0 Å². The van der Waals surface area contributed by atoms with Gasteiger partial charge in [-0.15, -0.1) is 10.0 Å². The first-order valence-electron chi connectivity index (χ1n) is 13.2. The van der Waals surface area contributed by atoms with E-state index in [0.29, 0.717) is 22.9 Å². The van der Waals surface area contributed by atoms with Gasteiger partial charge in [0.2, 0.25) is 0 Å². The van der Waals surface area contributed by atoms with Crippen LogP contribution in [0.3, 0.4) is 0 Å².